The summed E-state index contributed by atoms with van der Waals surface area (Å²) in [5.74, 6) is 0. The topological polar surface area (TPSA) is 64.7 Å². The van der Waals surface area contributed by atoms with E-state index in [1.165, 1.54) is 33.4 Å². The summed E-state index contributed by atoms with van der Waals surface area (Å²) in [5, 5.41) is 3.19. The second-order valence-electron chi connectivity index (χ2n) is 12.8. The molecule has 0 aliphatic carbocycles. The van der Waals surface area contributed by atoms with Crippen molar-refractivity contribution in [2.24, 2.45) is 0 Å². The van der Waals surface area contributed by atoms with Crippen LogP contribution in [0.25, 0.3) is 77.7 Å². The van der Waals surface area contributed by atoms with Gasteiger partial charge in [-0.05, 0) is 90.3 Å². The predicted octanol–water partition coefficient (Wildman–Crippen LogP) is 11.5. The quantitative estimate of drug-likeness (QED) is 0.165. The van der Waals surface area contributed by atoms with Gasteiger partial charge in [-0.1, -0.05) is 84.1 Å². The number of nitrogens with zero attached hydrogens (tertiary/aromatic N) is 4. The van der Waals surface area contributed by atoms with Gasteiger partial charge in [0.25, 0.3) is 0 Å². The molecule has 0 aliphatic rings. The summed E-state index contributed by atoms with van der Waals surface area (Å²) in [6.45, 7) is 8.27. The molecule has 4 aromatic carbocycles. The zero-order valence-corrected chi connectivity index (χ0v) is 31.6. The first kappa shape index (κ1) is 34.6. The molecule has 0 fully saturated rings. The number of benzene rings is 4. The Morgan fingerprint density at radius 2 is 1.48 bits per heavy atom. The minimum atomic E-state index is 0. The molecule has 0 unspecified atom stereocenters. The van der Waals surface area contributed by atoms with Gasteiger partial charge in [-0.25, -0.2) is 4.98 Å². The number of pyridine rings is 4. The Hall–Kier alpha value is -5.81. The number of hydrogen-bond donors (Lipinski definition) is 0. The third-order valence-electron chi connectivity index (χ3n) is 9.25. The van der Waals surface area contributed by atoms with Gasteiger partial charge in [0.2, 0.25) is 5.71 Å². The second kappa shape index (κ2) is 14.8. The summed E-state index contributed by atoms with van der Waals surface area (Å²) >= 11 is 0. The third kappa shape index (κ3) is 6.79. The van der Waals surface area contributed by atoms with Gasteiger partial charge in [0.1, 0.15) is 0 Å². The molecule has 0 atom stereocenters. The van der Waals surface area contributed by atoms with Crippen LogP contribution >= 0.6 is 0 Å². The van der Waals surface area contributed by atoms with E-state index >= 15 is 0 Å². The van der Waals surface area contributed by atoms with E-state index < -0.39 is 0 Å². The molecule has 5 heterocycles. The number of rotatable bonds is 4. The first-order valence-electron chi connectivity index (χ1n) is 17.0. The van der Waals surface area contributed by atoms with E-state index in [1.807, 2.05) is 81.0 Å². The van der Waals surface area contributed by atoms with Crippen LogP contribution in [0.3, 0.4) is 0 Å². The fourth-order valence-corrected chi connectivity index (χ4v) is 6.52. The van der Waals surface area contributed by atoms with Crippen molar-refractivity contribution < 1.29 is 24.5 Å². The van der Waals surface area contributed by atoms with E-state index in [-0.39, 0.29) is 20.1 Å². The fraction of sp³-hybridized carbons (Fsp3) is 0.0870. The average molecular weight is 851 g/mol. The molecule has 0 bridgehead atoms. The molecule has 1 radical (unpaired) electrons. The van der Waals surface area contributed by atoms with Gasteiger partial charge >= 0.3 is 0 Å². The first-order chi connectivity index (χ1) is 24.9. The van der Waals surface area contributed by atoms with E-state index in [0.29, 0.717) is 5.71 Å². The molecule has 0 spiro atoms. The van der Waals surface area contributed by atoms with Crippen LogP contribution < -0.4 is 0 Å². The van der Waals surface area contributed by atoms with Gasteiger partial charge < -0.3 is 14.4 Å². The van der Waals surface area contributed by atoms with Crippen LogP contribution in [0, 0.1) is 39.8 Å². The Morgan fingerprint density at radius 3 is 2.31 bits per heavy atom. The van der Waals surface area contributed by atoms with Gasteiger partial charge in [0, 0.05) is 55.2 Å². The minimum absolute atomic E-state index is 0. The maximum Gasteiger partial charge on any atom is 0.216 e. The van der Waals surface area contributed by atoms with Crippen LogP contribution in [0.15, 0.2) is 138 Å². The molecule has 5 aromatic heterocycles. The predicted molar refractivity (Wildman–Crippen MR) is 207 cm³/mol. The minimum Gasteiger partial charge on any atom is -0.486 e. The fourth-order valence-electron chi connectivity index (χ4n) is 6.52. The molecule has 0 aliphatic heterocycles. The summed E-state index contributed by atoms with van der Waals surface area (Å²) in [6.07, 6.45) is 5.56. The molecule has 9 rings (SSSR count). The average Bonchev–Trinajstić information content (AvgIpc) is 3.54. The van der Waals surface area contributed by atoms with Crippen molar-refractivity contribution in [1.82, 2.24) is 19.9 Å². The Bertz CT molecular complexity index is 2680. The zero-order valence-electron chi connectivity index (χ0n) is 29.2. The number of aryl methyl sites for hydroxylation is 4. The van der Waals surface area contributed by atoms with Gasteiger partial charge in [-0.15, -0.1) is 47.5 Å². The van der Waals surface area contributed by atoms with Gasteiger partial charge in [-0.2, -0.15) is 0 Å². The van der Waals surface area contributed by atoms with Gasteiger partial charge in [0.05, 0.1) is 11.1 Å². The Morgan fingerprint density at radius 1 is 0.615 bits per heavy atom. The summed E-state index contributed by atoms with van der Waals surface area (Å²) in [7, 11) is 0. The van der Waals surface area contributed by atoms with Crippen molar-refractivity contribution in [1.29, 1.82) is 0 Å². The SMILES string of the molecule is Cc1ccc(-c2[c-]cc(C)c(-c3ccccc3)c2)nc1.Cc1ccc2c(n1)oc1c(-c3cc(-c4ccc5ncccc5c4C)ccn3)[c-]ccc12.[Ir]. The standard InChI is InChI=1S/C27H18N3O.C19H16N.Ir/c1-16-8-9-22-21-5-3-6-23(26(21)31-27(22)30-16)25-15-18(12-14-29-25)19-10-11-24-20(17(19)2)7-4-13-28-24;1-14-8-11-19(20-13-14)17-10-9-15(2)18(12-17)16-6-4-3-5-7-16;/h3-5,7-15H,1-2H3;3-9,11-13H,1-2H3;/q2*-1;. The molecule has 0 amide bonds. The molecular weight excluding hydrogens is 817 g/mol. The van der Waals surface area contributed by atoms with E-state index in [1.54, 1.807) is 0 Å². The monoisotopic (exact) mass is 851 g/mol. The maximum absolute atomic E-state index is 6.16. The van der Waals surface area contributed by atoms with Crippen LogP contribution in [0.5, 0.6) is 0 Å². The Kier molecular flexibility index (Phi) is 9.86. The molecule has 0 N–H and O–H groups in total. The molecule has 5 nitrogen and oxygen atoms in total. The van der Waals surface area contributed by atoms with Gasteiger partial charge in [0.15, 0.2) is 0 Å². The smallest absolute Gasteiger partial charge is 0.216 e. The van der Waals surface area contributed by atoms with Crippen molar-refractivity contribution >= 4 is 33.0 Å². The molecule has 52 heavy (non-hydrogen) atoms. The second-order valence-corrected chi connectivity index (χ2v) is 12.8. The number of hydrogen-bond acceptors (Lipinski definition) is 5. The summed E-state index contributed by atoms with van der Waals surface area (Å²) in [4.78, 5) is 18.1. The van der Waals surface area contributed by atoms with Crippen LogP contribution in [-0.4, -0.2) is 19.9 Å². The van der Waals surface area contributed by atoms with E-state index in [9.17, 15) is 0 Å². The molecule has 6 heteroatoms. The van der Waals surface area contributed by atoms with E-state index in [4.69, 9.17) is 4.42 Å². The normalized spacial score (nSPS) is 10.9. The summed E-state index contributed by atoms with van der Waals surface area (Å²) in [6, 6.07) is 45.9. The number of aromatic nitrogens is 4. The zero-order chi connectivity index (χ0) is 34.9. The van der Waals surface area contributed by atoms with Crippen molar-refractivity contribution in [3.05, 3.63) is 168 Å². The first-order valence-corrected chi connectivity index (χ1v) is 17.0. The van der Waals surface area contributed by atoms with Crippen molar-refractivity contribution in [3.8, 4) is 44.8 Å². The van der Waals surface area contributed by atoms with Crippen LogP contribution in [0.4, 0.5) is 0 Å². The molecule has 0 saturated heterocycles. The van der Waals surface area contributed by atoms with Crippen molar-refractivity contribution in [2.45, 2.75) is 27.7 Å². The van der Waals surface area contributed by atoms with Crippen LogP contribution in [0.1, 0.15) is 22.4 Å². The van der Waals surface area contributed by atoms with Gasteiger partial charge in [-0.3, -0.25) is 4.98 Å². The van der Waals surface area contributed by atoms with E-state index in [2.05, 4.69) is 113 Å². The summed E-state index contributed by atoms with van der Waals surface area (Å²) in [5.41, 5.74) is 15.3. The Labute approximate surface area is 316 Å². The molecule has 0 saturated carbocycles. The largest absolute Gasteiger partial charge is 0.486 e. The van der Waals surface area contributed by atoms with E-state index in [0.717, 1.165) is 61.0 Å². The third-order valence-corrected chi connectivity index (χ3v) is 9.25. The Balaban J connectivity index is 0.000000174. The van der Waals surface area contributed by atoms with Crippen molar-refractivity contribution in [3.63, 3.8) is 0 Å². The molecule has 9 aromatic rings. The molecular formula is C46H34IrN4O-2. The van der Waals surface area contributed by atoms with Crippen LogP contribution in [-0.2, 0) is 20.1 Å². The molecule has 255 valence electrons. The number of fused-ring (bicyclic) bond motifs is 4. The van der Waals surface area contributed by atoms with Crippen LogP contribution in [0.2, 0.25) is 0 Å². The van der Waals surface area contributed by atoms with Crippen molar-refractivity contribution in [2.75, 3.05) is 0 Å². The number of furan rings is 1. The summed E-state index contributed by atoms with van der Waals surface area (Å²) < 4.78 is 6.16. The maximum atomic E-state index is 6.16.